The van der Waals surface area contributed by atoms with Gasteiger partial charge in [0, 0.05) is 23.7 Å². The predicted molar refractivity (Wildman–Crippen MR) is 78.9 cm³/mol. The van der Waals surface area contributed by atoms with Crippen molar-refractivity contribution in [2.75, 3.05) is 30.0 Å². The molecule has 1 aromatic rings. The summed E-state index contributed by atoms with van der Waals surface area (Å²) in [4.78, 5) is 22.6. The Hall–Kier alpha value is -1.73. The summed E-state index contributed by atoms with van der Waals surface area (Å²) in [5.74, 6) is 1.79. The van der Waals surface area contributed by atoms with Crippen LogP contribution in [-0.2, 0) is 9.59 Å². The maximum atomic E-state index is 12.0. The van der Waals surface area contributed by atoms with Crippen LogP contribution in [0.1, 0.15) is 0 Å². The molecule has 1 atom stereocenters. The summed E-state index contributed by atoms with van der Waals surface area (Å²) < 4.78 is 5.14. The van der Waals surface area contributed by atoms with Gasteiger partial charge in [-0.25, -0.2) is 0 Å². The van der Waals surface area contributed by atoms with E-state index in [4.69, 9.17) is 10.5 Å². The second-order valence-electron chi connectivity index (χ2n) is 4.35. The van der Waals surface area contributed by atoms with Gasteiger partial charge in [-0.05, 0) is 24.3 Å². The molecule has 20 heavy (non-hydrogen) atoms. The molecule has 0 spiro atoms. The van der Waals surface area contributed by atoms with Gasteiger partial charge in [-0.1, -0.05) is 0 Å². The van der Waals surface area contributed by atoms with Crippen molar-refractivity contribution >= 4 is 29.3 Å². The Labute approximate surface area is 121 Å². The summed E-state index contributed by atoms with van der Waals surface area (Å²) in [6, 6.07) is 6.66. The molecule has 7 heteroatoms. The van der Waals surface area contributed by atoms with E-state index >= 15 is 0 Å². The van der Waals surface area contributed by atoms with Gasteiger partial charge in [0.1, 0.15) is 5.75 Å². The number of carbonyl (C=O) groups excluding carboxylic acids is 2. The third kappa shape index (κ3) is 4.43. The fraction of sp³-hybridized carbons (Fsp3) is 0.385. The minimum absolute atomic E-state index is 0.0389. The average molecular weight is 295 g/mol. The molecule has 0 saturated carbocycles. The quantitative estimate of drug-likeness (QED) is 0.721. The standard InChI is InChI=1S/C13H17N3O3S/c14-12(17)7-19-10-3-1-9(2-4-10)16-13(18)11-8-20-6-5-15-11/h1-4,11,15H,5-8H2,(H2,14,17)(H,16,18). The van der Waals surface area contributed by atoms with Crippen LogP contribution >= 0.6 is 11.8 Å². The highest BCUT2D eigenvalue weighted by Crippen LogP contribution is 2.16. The lowest BCUT2D eigenvalue weighted by molar-refractivity contribution is -0.120. The molecule has 1 saturated heterocycles. The van der Waals surface area contributed by atoms with Crippen molar-refractivity contribution in [1.29, 1.82) is 0 Å². The first kappa shape index (κ1) is 14.7. The van der Waals surface area contributed by atoms with Crippen molar-refractivity contribution in [3.05, 3.63) is 24.3 Å². The smallest absolute Gasteiger partial charge is 0.255 e. The van der Waals surface area contributed by atoms with Crippen LogP contribution < -0.4 is 21.1 Å². The summed E-state index contributed by atoms with van der Waals surface area (Å²) >= 11 is 1.77. The largest absolute Gasteiger partial charge is 0.484 e. The van der Waals surface area contributed by atoms with Gasteiger partial charge >= 0.3 is 0 Å². The Morgan fingerprint density at radius 2 is 2.15 bits per heavy atom. The second-order valence-corrected chi connectivity index (χ2v) is 5.50. The van der Waals surface area contributed by atoms with E-state index in [0.29, 0.717) is 11.4 Å². The first-order valence-electron chi connectivity index (χ1n) is 6.28. The Morgan fingerprint density at radius 3 is 2.75 bits per heavy atom. The fourth-order valence-electron chi connectivity index (χ4n) is 1.75. The SMILES string of the molecule is NC(=O)COc1ccc(NC(=O)C2CSCCN2)cc1. The van der Waals surface area contributed by atoms with Crippen molar-refractivity contribution < 1.29 is 14.3 Å². The fourth-order valence-corrected chi connectivity index (χ4v) is 2.69. The van der Waals surface area contributed by atoms with E-state index in [9.17, 15) is 9.59 Å². The van der Waals surface area contributed by atoms with Crippen molar-refractivity contribution in [3.63, 3.8) is 0 Å². The lowest BCUT2D eigenvalue weighted by Crippen LogP contribution is -2.46. The van der Waals surface area contributed by atoms with Gasteiger partial charge in [-0.2, -0.15) is 11.8 Å². The highest BCUT2D eigenvalue weighted by atomic mass is 32.2. The lowest BCUT2D eigenvalue weighted by Gasteiger charge is -2.22. The molecule has 6 nitrogen and oxygen atoms in total. The molecule has 2 amide bonds. The van der Waals surface area contributed by atoms with Crippen LogP contribution in [0.3, 0.4) is 0 Å². The first-order chi connectivity index (χ1) is 9.65. The molecule has 1 heterocycles. The minimum atomic E-state index is -0.525. The molecule has 2 rings (SSSR count). The Kier molecular flexibility index (Phi) is 5.25. The zero-order chi connectivity index (χ0) is 14.4. The summed E-state index contributed by atoms with van der Waals surface area (Å²) in [5, 5.41) is 6.02. The van der Waals surface area contributed by atoms with Crippen LogP contribution in [0.2, 0.25) is 0 Å². The van der Waals surface area contributed by atoms with Crippen LogP contribution in [0.25, 0.3) is 0 Å². The van der Waals surface area contributed by atoms with Crippen molar-refractivity contribution in [1.82, 2.24) is 5.32 Å². The number of hydrogen-bond acceptors (Lipinski definition) is 5. The monoisotopic (exact) mass is 295 g/mol. The number of anilines is 1. The summed E-state index contributed by atoms with van der Waals surface area (Å²) in [6.07, 6.45) is 0. The van der Waals surface area contributed by atoms with Gasteiger partial charge in [0.25, 0.3) is 5.91 Å². The maximum absolute atomic E-state index is 12.0. The van der Waals surface area contributed by atoms with Gasteiger partial charge in [-0.3, -0.25) is 9.59 Å². The van der Waals surface area contributed by atoms with Gasteiger partial charge in [0.15, 0.2) is 6.61 Å². The Balaban J connectivity index is 1.86. The number of thioether (sulfide) groups is 1. The number of benzene rings is 1. The number of rotatable bonds is 5. The number of primary amides is 1. The van der Waals surface area contributed by atoms with E-state index in [2.05, 4.69) is 10.6 Å². The summed E-state index contributed by atoms with van der Waals surface area (Å²) in [6.45, 7) is 0.692. The zero-order valence-electron chi connectivity index (χ0n) is 10.9. The number of hydrogen-bond donors (Lipinski definition) is 3. The van der Waals surface area contributed by atoms with Crippen molar-refractivity contribution in [2.45, 2.75) is 6.04 Å². The van der Waals surface area contributed by atoms with Gasteiger partial charge in [0.05, 0.1) is 6.04 Å². The Morgan fingerprint density at radius 1 is 1.40 bits per heavy atom. The lowest BCUT2D eigenvalue weighted by atomic mass is 10.2. The van der Waals surface area contributed by atoms with Crippen LogP contribution in [0.4, 0.5) is 5.69 Å². The van der Waals surface area contributed by atoms with Crippen LogP contribution in [0.5, 0.6) is 5.75 Å². The van der Waals surface area contributed by atoms with Crippen molar-refractivity contribution in [2.24, 2.45) is 5.73 Å². The minimum Gasteiger partial charge on any atom is -0.484 e. The van der Waals surface area contributed by atoms with E-state index in [-0.39, 0.29) is 18.6 Å². The molecule has 1 unspecified atom stereocenters. The maximum Gasteiger partial charge on any atom is 0.255 e. The van der Waals surface area contributed by atoms with Crippen LogP contribution in [0, 0.1) is 0 Å². The summed E-state index contributed by atoms with van der Waals surface area (Å²) in [5.41, 5.74) is 5.68. The molecule has 1 aliphatic heterocycles. The molecule has 0 bridgehead atoms. The molecular weight excluding hydrogens is 278 g/mol. The number of carbonyl (C=O) groups is 2. The normalized spacial score (nSPS) is 18.3. The van der Waals surface area contributed by atoms with E-state index in [1.54, 1.807) is 36.0 Å². The second kappa shape index (κ2) is 7.16. The summed E-state index contributed by atoms with van der Waals surface area (Å²) in [7, 11) is 0. The van der Waals surface area contributed by atoms with E-state index in [1.165, 1.54) is 0 Å². The predicted octanol–water partition coefficient (Wildman–Crippen LogP) is 0.194. The number of nitrogens with one attached hydrogen (secondary N) is 2. The molecule has 0 radical (unpaired) electrons. The van der Waals surface area contributed by atoms with Gasteiger partial charge in [0.2, 0.25) is 5.91 Å². The first-order valence-corrected chi connectivity index (χ1v) is 7.44. The molecule has 1 aliphatic rings. The van der Waals surface area contributed by atoms with Crippen molar-refractivity contribution in [3.8, 4) is 5.75 Å². The number of amides is 2. The molecule has 0 aromatic heterocycles. The molecule has 4 N–H and O–H groups in total. The van der Waals surface area contributed by atoms with Crippen LogP contribution in [0.15, 0.2) is 24.3 Å². The molecular formula is C13H17N3O3S. The molecule has 108 valence electrons. The van der Waals surface area contributed by atoms with E-state index in [1.807, 2.05) is 0 Å². The zero-order valence-corrected chi connectivity index (χ0v) is 11.7. The number of ether oxygens (including phenoxy) is 1. The topological polar surface area (TPSA) is 93.5 Å². The number of nitrogens with two attached hydrogens (primary N) is 1. The Bertz CT molecular complexity index is 472. The molecule has 1 fully saturated rings. The molecule has 1 aromatic carbocycles. The average Bonchev–Trinajstić information content (AvgIpc) is 2.47. The van der Waals surface area contributed by atoms with Gasteiger partial charge in [-0.15, -0.1) is 0 Å². The van der Waals surface area contributed by atoms with Crippen LogP contribution in [-0.4, -0.2) is 42.5 Å². The highest BCUT2D eigenvalue weighted by Gasteiger charge is 2.20. The van der Waals surface area contributed by atoms with E-state index in [0.717, 1.165) is 18.1 Å². The molecule has 0 aliphatic carbocycles. The van der Waals surface area contributed by atoms with Gasteiger partial charge < -0.3 is 21.1 Å². The third-order valence-electron chi connectivity index (χ3n) is 2.74. The van der Waals surface area contributed by atoms with E-state index < -0.39 is 5.91 Å². The third-order valence-corrected chi connectivity index (χ3v) is 3.80. The highest BCUT2D eigenvalue weighted by molar-refractivity contribution is 7.99.